The molecule has 0 aromatic rings. The number of hydrogen-bond acceptors (Lipinski definition) is 15. The lowest BCUT2D eigenvalue weighted by molar-refractivity contribution is -0.372. The molecule has 4 rings (SSSR count). The molecule has 2 unspecified atom stereocenters. The molecule has 4 aliphatic rings. The van der Waals surface area contributed by atoms with Crippen molar-refractivity contribution in [2.45, 2.75) is 117 Å². The van der Waals surface area contributed by atoms with Gasteiger partial charge in [-0.2, -0.15) is 0 Å². The summed E-state index contributed by atoms with van der Waals surface area (Å²) in [7, 11) is 1.54. The lowest BCUT2D eigenvalue weighted by atomic mass is 9.85. The molecule has 1 aliphatic carbocycles. The van der Waals surface area contributed by atoms with Crippen molar-refractivity contribution in [1.82, 2.24) is 5.32 Å². The first-order valence-corrected chi connectivity index (χ1v) is 12.4. The number of aliphatic hydroxyl groups is 5. The van der Waals surface area contributed by atoms with Gasteiger partial charge in [-0.15, -0.1) is 0 Å². The van der Waals surface area contributed by atoms with E-state index in [9.17, 15) is 29.9 Å². The molecular weight excluding hydrogens is 501 g/mol. The Balaban J connectivity index is 1.43. The molecule has 37 heavy (non-hydrogen) atoms. The predicted octanol–water partition coefficient (Wildman–Crippen LogP) is -5.97. The lowest BCUT2D eigenvalue weighted by Crippen LogP contribution is -2.70. The fourth-order valence-corrected chi connectivity index (χ4v) is 5.42. The molecule has 0 radical (unpaired) electrons. The largest absolute Gasteiger partial charge is 0.394 e. The van der Waals surface area contributed by atoms with Crippen LogP contribution in [0.1, 0.15) is 12.8 Å². The number of halogens is 1. The van der Waals surface area contributed by atoms with E-state index in [1.807, 2.05) is 0 Å². The maximum absolute atomic E-state index is 14.8. The summed E-state index contributed by atoms with van der Waals surface area (Å²) in [5.74, 6) is 0. The summed E-state index contributed by atoms with van der Waals surface area (Å²) in [5.41, 5.74) is 23.8. The second kappa shape index (κ2) is 11.8. The molecule has 3 heterocycles. The fraction of sp³-hybridized carbons (Fsp3) is 1.00. The summed E-state index contributed by atoms with van der Waals surface area (Å²) >= 11 is 0. The average Bonchev–Trinajstić information content (AvgIpc) is 2.86. The highest BCUT2D eigenvalue weighted by Crippen LogP contribution is 2.35. The number of hydrogen-bond donors (Lipinski definition) is 10. The SMILES string of the molecule is CN[C@@H]1[C@@H](O[C@H]2O[C@H](CO)[C@@H](N)[C@H](O)[C@H]2O)OC2C[C@@H](N)[C@@H](O[C@H]3[C@@H](F)[C@@H](O)[C@H](N)C[C@@H]3N)OC2[C@@H]1O. The van der Waals surface area contributed by atoms with Crippen LogP contribution in [0.3, 0.4) is 0 Å². The zero-order valence-electron chi connectivity index (χ0n) is 20.4. The first-order chi connectivity index (χ1) is 17.5. The monoisotopic (exact) mass is 541 g/mol. The first-order valence-electron chi connectivity index (χ1n) is 12.4. The van der Waals surface area contributed by atoms with E-state index in [-0.39, 0.29) is 12.8 Å². The molecule has 17 atom stereocenters. The van der Waals surface area contributed by atoms with E-state index in [1.165, 1.54) is 7.05 Å². The Morgan fingerprint density at radius 2 is 1.51 bits per heavy atom. The van der Waals surface area contributed by atoms with E-state index in [1.54, 1.807) is 0 Å². The second-order valence-corrected chi connectivity index (χ2v) is 10.2. The quantitative estimate of drug-likeness (QED) is 0.150. The van der Waals surface area contributed by atoms with E-state index in [4.69, 9.17) is 46.6 Å². The van der Waals surface area contributed by atoms with Crippen LogP contribution in [0.15, 0.2) is 0 Å². The van der Waals surface area contributed by atoms with E-state index >= 15 is 0 Å². The molecule has 0 bridgehead atoms. The van der Waals surface area contributed by atoms with Crippen LogP contribution in [0.2, 0.25) is 0 Å². The molecule has 0 aromatic heterocycles. The van der Waals surface area contributed by atoms with Crippen LogP contribution in [0, 0.1) is 0 Å². The van der Waals surface area contributed by atoms with Crippen molar-refractivity contribution in [2.75, 3.05) is 13.7 Å². The Hall–Kier alpha value is -0.670. The standard InChI is InChI=1S/C21H40FN5O10/c1-27-12-15(31)18-8(33-20(12)37-21-16(32)14(30)11(26)9(4-28)34-21)3-7(25)19(36-18)35-17-6(24)2-5(23)13(29)10(17)22/h5-21,27-32H,2-4,23-26H2,1H3/t5-,6+,7-,8?,9-,10+,11-,12+,13+,14+,15-,16-,17-,18?,19+,20-,21-/m1/s1. The lowest BCUT2D eigenvalue weighted by Gasteiger charge is -2.51. The van der Waals surface area contributed by atoms with E-state index in [0.29, 0.717) is 0 Å². The first kappa shape index (κ1) is 29.3. The molecule has 14 N–H and O–H groups in total. The van der Waals surface area contributed by atoms with Crippen molar-refractivity contribution in [3.8, 4) is 0 Å². The van der Waals surface area contributed by atoms with Crippen LogP contribution in [-0.2, 0) is 23.7 Å². The molecule has 15 nitrogen and oxygen atoms in total. The highest BCUT2D eigenvalue weighted by atomic mass is 19.1. The van der Waals surface area contributed by atoms with Crippen LogP contribution in [0.25, 0.3) is 0 Å². The number of ether oxygens (including phenoxy) is 5. The topological polar surface area (TPSA) is 263 Å². The van der Waals surface area contributed by atoms with Gasteiger partial charge in [-0.3, -0.25) is 0 Å². The molecule has 0 spiro atoms. The molecule has 16 heteroatoms. The van der Waals surface area contributed by atoms with Gasteiger partial charge < -0.3 is 77.5 Å². The average molecular weight is 542 g/mol. The van der Waals surface area contributed by atoms with Crippen molar-refractivity contribution in [1.29, 1.82) is 0 Å². The van der Waals surface area contributed by atoms with Gasteiger partial charge in [0, 0.05) is 12.1 Å². The minimum absolute atomic E-state index is 0.116. The van der Waals surface area contributed by atoms with Gasteiger partial charge >= 0.3 is 0 Å². The molecule has 3 saturated heterocycles. The van der Waals surface area contributed by atoms with Crippen LogP contribution in [0.5, 0.6) is 0 Å². The van der Waals surface area contributed by atoms with Gasteiger partial charge in [0.15, 0.2) is 25.0 Å². The smallest absolute Gasteiger partial charge is 0.189 e. The maximum atomic E-state index is 14.8. The van der Waals surface area contributed by atoms with Gasteiger partial charge in [0.05, 0.1) is 30.8 Å². The Morgan fingerprint density at radius 3 is 2.16 bits per heavy atom. The number of likely N-dealkylation sites (N-methyl/N-ethyl adjacent to an activating group) is 1. The summed E-state index contributed by atoms with van der Waals surface area (Å²) in [6.07, 6.45) is -15.0. The molecule has 0 aromatic carbocycles. The van der Waals surface area contributed by atoms with Crippen molar-refractivity contribution < 1.29 is 53.6 Å². The molecule has 216 valence electrons. The third-order valence-corrected chi connectivity index (χ3v) is 7.70. The molecule has 1 saturated carbocycles. The molecule has 4 fully saturated rings. The number of fused-ring (bicyclic) bond motifs is 1. The summed E-state index contributed by atoms with van der Waals surface area (Å²) in [6.45, 7) is -0.517. The minimum Gasteiger partial charge on any atom is -0.394 e. The van der Waals surface area contributed by atoms with Crippen molar-refractivity contribution in [3.63, 3.8) is 0 Å². The number of rotatable bonds is 6. The van der Waals surface area contributed by atoms with E-state index < -0.39 is 111 Å². The number of aliphatic hydroxyl groups excluding tert-OH is 5. The number of nitrogens with one attached hydrogen (secondary N) is 1. The maximum Gasteiger partial charge on any atom is 0.189 e. The third kappa shape index (κ3) is 5.65. The Bertz CT molecular complexity index is 761. The van der Waals surface area contributed by atoms with Crippen LogP contribution in [0.4, 0.5) is 4.39 Å². The summed E-state index contributed by atoms with van der Waals surface area (Å²) in [6, 6.07) is -4.39. The fourth-order valence-electron chi connectivity index (χ4n) is 5.42. The van der Waals surface area contributed by atoms with Crippen molar-refractivity contribution >= 4 is 0 Å². The normalized spacial score (nSPS) is 55.1. The van der Waals surface area contributed by atoms with Gasteiger partial charge in [0.25, 0.3) is 0 Å². The second-order valence-electron chi connectivity index (χ2n) is 10.2. The van der Waals surface area contributed by atoms with E-state index in [2.05, 4.69) is 5.32 Å². The zero-order chi connectivity index (χ0) is 27.2. The summed E-state index contributed by atoms with van der Waals surface area (Å²) in [4.78, 5) is 0. The van der Waals surface area contributed by atoms with Crippen LogP contribution < -0.4 is 28.3 Å². The molecule has 0 amide bonds. The number of nitrogens with two attached hydrogens (primary N) is 4. The Labute approximate surface area is 213 Å². The summed E-state index contributed by atoms with van der Waals surface area (Å²) < 4.78 is 43.7. The molecular formula is C21H40FN5O10. The summed E-state index contributed by atoms with van der Waals surface area (Å²) in [5, 5.41) is 54.1. The Morgan fingerprint density at radius 1 is 0.811 bits per heavy atom. The minimum atomic E-state index is -1.85. The van der Waals surface area contributed by atoms with Gasteiger partial charge in [-0.1, -0.05) is 0 Å². The molecule has 3 aliphatic heterocycles. The van der Waals surface area contributed by atoms with Gasteiger partial charge in [0.1, 0.15) is 42.7 Å². The zero-order valence-corrected chi connectivity index (χ0v) is 20.4. The highest BCUT2D eigenvalue weighted by Gasteiger charge is 2.54. The van der Waals surface area contributed by atoms with Crippen molar-refractivity contribution in [3.05, 3.63) is 0 Å². The van der Waals surface area contributed by atoms with Crippen molar-refractivity contribution in [2.24, 2.45) is 22.9 Å². The van der Waals surface area contributed by atoms with Gasteiger partial charge in [-0.05, 0) is 19.9 Å². The van der Waals surface area contributed by atoms with Gasteiger partial charge in [-0.25, -0.2) is 4.39 Å². The highest BCUT2D eigenvalue weighted by molar-refractivity contribution is 5.02. The van der Waals surface area contributed by atoms with E-state index in [0.717, 1.165) is 0 Å². The number of alkyl halides is 1. The predicted molar refractivity (Wildman–Crippen MR) is 122 cm³/mol. The van der Waals surface area contributed by atoms with Crippen LogP contribution >= 0.6 is 0 Å². The van der Waals surface area contributed by atoms with Gasteiger partial charge in [0.2, 0.25) is 0 Å². The van der Waals surface area contributed by atoms with Crippen LogP contribution in [-0.4, -0.2) is 143 Å². The third-order valence-electron chi connectivity index (χ3n) is 7.70. The Kier molecular flexibility index (Phi) is 9.37.